The molecule has 2 rings (SSSR count). The minimum atomic E-state index is -1.98. The summed E-state index contributed by atoms with van der Waals surface area (Å²) in [5.41, 5.74) is -1.98. The monoisotopic (exact) mass is 440 g/mol. The topological polar surface area (TPSA) is 144 Å². The van der Waals surface area contributed by atoms with Crippen LogP contribution in [-0.4, -0.2) is 73.2 Å². The largest absolute Gasteiger partial charge is 0.504 e. The fraction of sp³-hybridized carbons (Fsp3) is 0.500. The first-order chi connectivity index (χ1) is 14.6. The molecule has 31 heavy (non-hydrogen) atoms. The van der Waals surface area contributed by atoms with Crippen molar-refractivity contribution in [2.24, 2.45) is 0 Å². The highest BCUT2D eigenvalue weighted by Gasteiger charge is 2.61. The van der Waals surface area contributed by atoms with Crippen LogP contribution in [0.1, 0.15) is 20.8 Å². The number of methoxy groups -OCH3 is 1. The average molecular weight is 440 g/mol. The third kappa shape index (κ3) is 5.70. The predicted molar refractivity (Wildman–Crippen MR) is 101 cm³/mol. The molecule has 1 aromatic rings. The summed E-state index contributed by atoms with van der Waals surface area (Å²) in [6.07, 6.45) is -5.70. The fourth-order valence-electron chi connectivity index (χ4n) is 3.18. The van der Waals surface area contributed by atoms with Gasteiger partial charge >= 0.3 is 17.9 Å². The first-order valence-electron chi connectivity index (χ1n) is 9.23. The summed E-state index contributed by atoms with van der Waals surface area (Å²) < 4.78 is 32.3. The number of phenolic OH excluding ortho intramolecular Hbond substituents is 1. The summed E-state index contributed by atoms with van der Waals surface area (Å²) in [5.74, 6) is -2.73. The molecule has 1 heterocycles. The van der Waals surface area contributed by atoms with Gasteiger partial charge in [0.1, 0.15) is 0 Å². The molecule has 11 heteroatoms. The van der Waals surface area contributed by atoms with Gasteiger partial charge in [-0.2, -0.15) is 0 Å². The summed E-state index contributed by atoms with van der Waals surface area (Å²) in [4.78, 5) is 47.5. The van der Waals surface area contributed by atoms with Crippen molar-refractivity contribution in [3.8, 4) is 11.5 Å². The van der Waals surface area contributed by atoms with E-state index in [0.717, 1.165) is 20.8 Å². The Kier molecular flexibility index (Phi) is 7.95. The van der Waals surface area contributed by atoms with Crippen molar-refractivity contribution in [1.29, 1.82) is 0 Å². The van der Waals surface area contributed by atoms with Gasteiger partial charge in [0.15, 0.2) is 35.6 Å². The second-order valence-electron chi connectivity index (χ2n) is 6.76. The molecule has 1 saturated heterocycles. The molecule has 1 aliphatic heterocycles. The Labute approximate surface area is 178 Å². The lowest BCUT2D eigenvalue weighted by atomic mass is 9.87. The number of hydrogen-bond acceptors (Lipinski definition) is 11. The fourth-order valence-corrected chi connectivity index (χ4v) is 3.18. The Morgan fingerprint density at radius 1 is 1.03 bits per heavy atom. The van der Waals surface area contributed by atoms with E-state index in [9.17, 15) is 24.3 Å². The number of phenols is 1. The maximum Gasteiger partial charge on any atom is 0.303 e. The lowest BCUT2D eigenvalue weighted by Gasteiger charge is -2.48. The van der Waals surface area contributed by atoms with Crippen LogP contribution in [0.5, 0.6) is 11.5 Å². The number of rotatable bonds is 8. The van der Waals surface area contributed by atoms with Crippen molar-refractivity contribution in [2.45, 2.75) is 51.0 Å². The van der Waals surface area contributed by atoms with Crippen molar-refractivity contribution in [3.63, 3.8) is 0 Å². The standard InChI is InChI=1S/C20H24O11/c1-11(22)27-16-17(28-12(2)23)19(30-15-8-6-5-7-14(15)25)31-20(9-21,10-26-4)18(16)29-13(3)24/h5-9,16-19,25H,10H2,1-4H3. The zero-order valence-corrected chi connectivity index (χ0v) is 17.4. The van der Waals surface area contributed by atoms with Crippen LogP contribution in [0.4, 0.5) is 0 Å². The quantitative estimate of drug-likeness (QED) is 0.343. The molecule has 0 spiro atoms. The van der Waals surface area contributed by atoms with Gasteiger partial charge in [-0.1, -0.05) is 12.1 Å². The molecular weight excluding hydrogens is 416 g/mol. The third-order valence-electron chi connectivity index (χ3n) is 4.28. The molecule has 1 aromatic carbocycles. The van der Waals surface area contributed by atoms with Crippen molar-refractivity contribution in [2.75, 3.05) is 13.7 Å². The molecule has 0 bridgehead atoms. The molecule has 0 saturated carbocycles. The normalized spacial score (nSPS) is 27.6. The lowest BCUT2D eigenvalue weighted by molar-refractivity contribution is -0.311. The molecule has 11 nitrogen and oxygen atoms in total. The predicted octanol–water partition coefficient (Wildman–Crippen LogP) is 0.506. The number of benzene rings is 1. The van der Waals surface area contributed by atoms with Crippen LogP contribution in [0.25, 0.3) is 0 Å². The zero-order chi connectivity index (χ0) is 23.2. The van der Waals surface area contributed by atoms with E-state index in [4.69, 9.17) is 28.4 Å². The first-order valence-corrected chi connectivity index (χ1v) is 9.23. The van der Waals surface area contributed by atoms with Crippen molar-refractivity contribution >= 4 is 24.2 Å². The van der Waals surface area contributed by atoms with E-state index in [1.54, 1.807) is 12.1 Å². The summed E-state index contributed by atoms with van der Waals surface area (Å²) in [7, 11) is 1.28. The van der Waals surface area contributed by atoms with Crippen LogP contribution < -0.4 is 4.74 Å². The number of aldehydes is 1. The van der Waals surface area contributed by atoms with Crippen LogP contribution in [0.15, 0.2) is 24.3 Å². The van der Waals surface area contributed by atoms with Crippen LogP contribution >= 0.6 is 0 Å². The first kappa shape index (κ1) is 24.1. The van der Waals surface area contributed by atoms with Gasteiger partial charge in [0.25, 0.3) is 0 Å². The van der Waals surface area contributed by atoms with Crippen molar-refractivity contribution < 1.29 is 52.7 Å². The molecule has 0 amide bonds. The molecule has 0 aliphatic carbocycles. The van der Waals surface area contributed by atoms with Crippen LogP contribution in [0.2, 0.25) is 0 Å². The SMILES string of the molecule is COCC1(C=O)OC(Oc2ccccc2O)C(OC(C)=O)C(OC(C)=O)C1OC(C)=O. The van der Waals surface area contributed by atoms with Gasteiger partial charge in [-0.3, -0.25) is 19.2 Å². The third-order valence-corrected chi connectivity index (χ3v) is 4.28. The number of carbonyl (C=O) groups is 4. The minimum absolute atomic E-state index is 0.0608. The molecule has 1 fully saturated rings. The highest BCUT2D eigenvalue weighted by molar-refractivity contribution is 5.71. The molecular formula is C20H24O11. The lowest BCUT2D eigenvalue weighted by Crippen LogP contribution is -2.70. The minimum Gasteiger partial charge on any atom is -0.504 e. The maximum absolute atomic E-state index is 12.1. The van der Waals surface area contributed by atoms with E-state index in [-0.39, 0.29) is 11.5 Å². The molecule has 0 aromatic heterocycles. The summed E-state index contributed by atoms with van der Waals surface area (Å²) in [6, 6.07) is 5.85. The van der Waals surface area contributed by atoms with E-state index in [1.165, 1.54) is 19.2 Å². The number of carbonyl (C=O) groups excluding carboxylic acids is 4. The Hall–Kier alpha value is -3.18. The Morgan fingerprint density at radius 3 is 2.13 bits per heavy atom. The highest BCUT2D eigenvalue weighted by atomic mass is 16.7. The van der Waals surface area contributed by atoms with Gasteiger partial charge < -0.3 is 33.5 Å². The van der Waals surface area contributed by atoms with Crippen LogP contribution in [0.3, 0.4) is 0 Å². The maximum atomic E-state index is 12.1. The van der Waals surface area contributed by atoms with E-state index in [0.29, 0.717) is 6.29 Å². The number of para-hydroxylation sites is 2. The van der Waals surface area contributed by atoms with Gasteiger partial charge in [0.05, 0.1) is 6.61 Å². The van der Waals surface area contributed by atoms with Crippen LogP contribution in [-0.2, 0) is 42.9 Å². The van der Waals surface area contributed by atoms with E-state index >= 15 is 0 Å². The number of aromatic hydroxyl groups is 1. The molecule has 0 radical (unpaired) electrons. The van der Waals surface area contributed by atoms with Gasteiger partial charge in [-0.15, -0.1) is 0 Å². The molecule has 5 unspecified atom stereocenters. The number of ether oxygens (including phenoxy) is 6. The highest BCUT2D eigenvalue weighted by Crippen LogP contribution is 2.37. The smallest absolute Gasteiger partial charge is 0.303 e. The molecule has 5 atom stereocenters. The summed E-state index contributed by atoms with van der Waals surface area (Å²) >= 11 is 0. The molecule has 1 aliphatic rings. The summed E-state index contributed by atoms with van der Waals surface area (Å²) in [6.45, 7) is 2.85. The van der Waals surface area contributed by atoms with Gasteiger partial charge in [-0.05, 0) is 12.1 Å². The second-order valence-corrected chi connectivity index (χ2v) is 6.76. The zero-order valence-electron chi connectivity index (χ0n) is 17.4. The second kappa shape index (κ2) is 10.2. The van der Waals surface area contributed by atoms with Gasteiger partial charge in [0.2, 0.25) is 12.4 Å². The van der Waals surface area contributed by atoms with Crippen molar-refractivity contribution in [1.82, 2.24) is 0 Å². The van der Waals surface area contributed by atoms with Gasteiger partial charge in [-0.25, -0.2) is 0 Å². The van der Waals surface area contributed by atoms with E-state index in [2.05, 4.69) is 0 Å². The van der Waals surface area contributed by atoms with E-state index < -0.39 is 54.7 Å². The number of hydrogen-bond donors (Lipinski definition) is 1. The van der Waals surface area contributed by atoms with E-state index in [1.807, 2.05) is 0 Å². The number of esters is 3. The molecule has 1 N–H and O–H groups in total. The van der Waals surface area contributed by atoms with Crippen molar-refractivity contribution in [3.05, 3.63) is 24.3 Å². The Bertz CT molecular complexity index is 823. The van der Waals surface area contributed by atoms with Crippen LogP contribution in [0, 0.1) is 0 Å². The van der Waals surface area contributed by atoms with Gasteiger partial charge in [0, 0.05) is 27.9 Å². The summed E-state index contributed by atoms with van der Waals surface area (Å²) in [5, 5.41) is 10.0. The average Bonchev–Trinajstić information content (AvgIpc) is 2.68. The Morgan fingerprint density at radius 2 is 1.61 bits per heavy atom. The molecule has 170 valence electrons. The Balaban J connectivity index is 2.60.